The lowest BCUT2D eigenvalue weighted by atomic mass is 10.1. The van der Waals surface area contributed by atoms with E-state index in [-0.39, 0.29) is 0 Å². The summed E-state index contributed by atoms with van der Waals surface area (Å²) in [5.41, 5.74) is 4.04. The van der Waals surface area contributed by atoms with Gasteiger partial charge in [0, 0.05) is 5.56 Å². The van der Waals surface area contributed by atoms with Crippen LogP contribution in [0.15, 0.2) is 36.5 Å². The predicted octanol–water partition coefficient (Wildman–Crippen LogP) is 4.81. The second kappa shape index (κ2) is 9.34. The van der Waals surface area contributed by atoms with Crippen molar-refractivity contribution in [2.45, 2.75) is 41.5 Å². The molecule has 0 unspecified atom stereocenters. The van der Waals surface area contributed by atoms with E-state index in [1.165, 1.54) is 0 Å². The van der Waals surface area contributed by atoms with Crippen LogP contribution in [0.3, 0.4) is 0 Å². The summed E-state index contributed by atoms with van der Waals surface area (Å²) in [6, 6.07) is 10.1. The Labute approximate surface area is 111 Å². The van der Waals surface area contributed by atoms with Gasteiger partial charge in [-0.1, -0.05) is 58.0 Å². The zero-order chi connectivity index (χ0) is 14.0. The molecule has 2 rings (SSSR count). The highest BCUT2D eigenvalue weighted by atomic mass is 14.8. The van der Waals surface area contributed by atoms with E-state index in [4.69, 9.17) is 0 Å². The molecule has 0 radical (unpaired) electrons. The summed E-state index contributed by atoms with van der Waals surface area (Å²) in [5.74, 6) is 0. The summed E-state index contributed by atoms with van der Waals surface area (Å²) in [6.07, 6.45) is 1.82. The molecule has 2 heteroatoms. The molecule has 2 aromatic rings. The molecule has 0 N–H and O–H groups in total. The molecule has 98 valence electrons. The number of hydrogen-bond donors (Lipinski definition) is 0. The molecule has 1 aromatic heterocycles. The van der Waals surface area contributed by atoms with Crippen molar-refractivity contribution in [1.29, 1.82) is 0 Å². The van der Waals surface area contributed by atoms with Gasteiger partial charge in [0.25, 0.3) is 0 Å². The standard InChI is InChI=1S/C12H12N2.2C2H6/c1-9-10(2)14-12(8-13-9)11-6-4-3-5-7-11;2*1-2/h3-8H,1-2H3;2*1-2H3. The topological polar surface area (TPSA) is 25.8 Å². The van der Waals surface area contributed by atoms with E-state index in [1.807, 2.05) is 78.1 Å². The molecule has 0 amide bonds. The lowest BCUT2D eigenvalue weighted by Crippen LogP contribution is -1.93. The van der Waals surface area contributed by atoms with Gasteiger partial charge in [0.15, 0.2) is 0 Å². The summed E-state index contributed by atoms with van der Waals surface area (Å²) >= 11 is 0. The lowest BCUT2D eigenvalue weighted by Gasteiger charge is -2.02. The third-order valence-corrected chi connectivity index (χ3v) is 2.26. The number of aryl methyl sites for hydroxylation is 2. The number of hydrogen-bond acceptors (Lipinski definition) is 2. The van der Waals surface area contributed by atoms with Gasteiger partial charge in [0.1, 0.15) is 0 Å². The van der Waals surface area contributed by atoms with Crippen LogP contribution in [-0.2, 0) is 0 Å². The van der Waals surface area contributed by atoms with Crippen LogP contribution >= 0.6 is 0 Å². The summed E-state index contributed by atoms with van der Waals surface area (Å²) in [6.45, 7) is 12.0. The zero-order valence-corrected chi connectivity index (χ0v) is 12.4. The molecule has 0 saturated heterocycles. The van der Waals surface area contributed by atoms with Crippen LogP contribution in [0.2, 0.25) is 0 Å². The average molecular weight is 244 g/mol. The quantitative estimate of drug-likeness (QED) is 0.719. The van der Waals surface area contributed by atoms with Crippen LogP contribution in [0.25, 0.3) is 11.3 Å². The molecule has 1 aromatic carbocycles. The summed E-state index contributed by atoms with van der Waals surface area (Å²) in [7, 11) is 0. The van der Waals surface area contributed by atoms with Crippen molar-refractivity contribution in [1.82, 2.24) is 9.97 Å². The fourth-order valence-corrected chi connectivity index (χ4v) is 1.29. The first-order valence-electron chi connectivity index (χ1n) is 6.63. The van der Waals surface area contributed by atoms with Crippen LogP contribution in [0.1, 0.15) is 39.1 Å². The minimum Gasteiger partial charge on any atom is -0.257 e. The molecule has 0 aliphatic heterocycles. The van der Waals surface area contributed by atoms with Gasteiger partial charge in [0.2, 0.25) is 0 Å². The van der Waals surface area contributed by atoms with Crippen LogP contribution in [0.4, 0.5) is 0 Å². The van der Waals surface area contributed by atoms with Crippen LogP contribution in [0.5, 0.6) is 0 Å². The van der Waals surface area contributed by atoms with Crippen molar-refractivity contribution >= 4 is 0 Å². The zero-order valence-electron chi connectivity index (χ0n) is 12.4. The maximum atomic E-state index is 4.48. The van der Waals surface area contributed by atoms with Gasteiger partial charge in [-0.3, -0.25) is 4.98 Å². The first kappa shape index (κ1) is 16.3. The van der Waals surface area contributed by atoms with Crippen molar-refractivity contribution in [3.8, 4) is 11.3 Å². The van der Waals surface area contributed by atoms with E-state index >= 15 is 0 Å². The largest absolute Gasteiger partial charge is 0.257 e. The normalized spacial score (nSPS) is 8.56. The minimum absolute atomic E-state index is 0.939. The van der Waals surface area contributed by atoms with Gasteiger partial charge in [-0.05, 0) is 13.8 Å². The number of benzene rings is 1. The summed E-state index contributed by atoms with van der Waals surface area (Å²) < 4.78 is 0. The third-order valence-electron chi connectivity index (χ3n) is 2.26. The molecule has 0 bridgehead atoms. The highest BCUT2D eigenvalue weighted by Gasteiger charge is 2.00. The van der Waals surface area contributed by atoms with Crippen molar-refractivity contribution in [2.75, 3.05) is 0 Å². The minimum atomic E-state index is 0.939. The van der Waals surface area contributed by atoms with Gasteiger partial charge in [0.05, 0.1) is 23.3 Å². The molecular weight excluding hydrogens is 220 g/mol. The average Bonchev–Trinajstić information content (AvgIpc) is 2.47. The van der Waals surface area contributed by atoms with Gasteiger partial charge in [-0.25, -0.2) is 4.98 Å². The van der Waals surface area contributed by atoms with E-state index < -0.39 is 0 Å². The monoisotopic (exact) mass is 244 g/mol. The third kappa shape index (κ3) is 4.66. The Morgan fingerprint density at radius 2 is 1.33 bits per heavy atom. The van der Waals surface area contributed by atoms with Crippen molar-refractivity contribution in [2.24, 2.45) is 0 Å². The Balaban J connectivity index is 0.000000659. The second-order valence-electron chi connectivity index (χ2n) is 3.29. The van der Waals surface area contributed by atoms with Crippen molar-refractivity contribution < 1.29 is 0 Å². The Morgan fingerprint density at radius 3 is 1.83 bits per heavy atom. The molecule has 0 atom stereocenters. The van der Waals surface area contributed by atoms with E-state index in [9.17, 15) is 0 Å². The predicted molar refractivity (Wildman–Crippen MR) is 79.6 cm³/mol. The van der Waals surface area contributed by atoms with Crippen molar-refractivity contribution in [3.63, 3.8) is 0 Å². The number of nitrogens with zero attached hydrogens (tertiary/aromatic N) is 2. The smallest absolute Gasteiger partial charge is 0.0888 e. The molecule has 2 nitrogen and oxygen atoms in total. The summed E-state index contributed by atoms with van der Waals surface area (Å²) in [5, 5.41) is 0. The maximum absolute atomic E-state index is 4.48. The van der Waals surface area contributed by atoms with E-state index in [2.05, 4.69) is 9.97 Å². The van der Waals surface area contributed by atoms with Crippen molar-refractivity contribution in [3.05, 3.63) is 47.9 Å². The Hall–Kier alpha value is -1.70. The van der Waals surface area contributed by atoms with E-state index in [1.54, 1.807) is 0 Å². The number of rotatable bonds is 1. The Bertz CT molecular complexity index is 436. The maximum Gasteiger partial charge on any atom is 0.0888 e. The first-order chi connectivity index (χ1) is 8.77. The molecule has 18 heavy (non-hydrogen) atoms. The van der Waals surface area contributed by atoms with Gasteiger partial charge in [-0.2, -0.15) is 0 Å². The van der Waals surface area contributed by atoms with Gasteiger partial charge >= 0.3 is 0 Å². The fourth-order valence-electron chi connectivity index (χ4n) is 1.29. The molecule has 0 aliphatic carbocycles. The van der Waals surface area contributed by atoms with Crippen LogP contribution in [-0.4, -0.2) is 9.97 Å². The highest BCUT2D eigenvalue weighted by molar-refractivity contribution is 5.57. The van der Waals surface area contributed by atoms with Gasteiger partial charge < -0.3 is 0 Å². The van der Waals surface area contributed by atoms with E-state index in [0.717, 1.165) is 22.6 Å². The fraction of sp³-hybridized carbons (Fsp3) is 0.375. The first-order valence-corrected chi connectivity index (χ1v) is 6.63. The highest BCUT2D eigenvalue weighted by Crippen LogP contribution is 2.15. The molecule has 1 heterocycles. The molecule has 0 fully saturated rings. The molecular formula is C16H24N2. The van der Waals surface area contributed by atoms with Crippen LogP contribution < -0.4 is 0 Å². The van der Waals surface area contributed by atoms with E-state index in [0.29, 0.717) is 0 Å². The Kier molecular flexibility index (Phi) is 8.46. The van der Waals surface area contributed by atoms with Gasteiger partial charge in [-0.15, -0.1) is 0 Å². The molecule has 0 saturated carbocycles. The summed E-state index contributed by atoms with van der Waals surface area (Å²) in [4.78, 5) is 8.77. The molecule has 0 aliphatic rings. The Morgan fingerprint density at radius 1 is 0.778 bits per heavy atom. The number of aromatic nitrogens is 2. The SMILES string of the molecule is CC.CC.Cc1ncc(-c2ccccc2)nc1C. The molecule has 0 spiro atoms. The lowest BCUT2D eigenvalue weighted by molar-refractivity contribution is 1.05. The second-order valence-corrected chi connectivity index (χ2v) is 3.29. The van der Waals surface area contributed by atoms with Crippen LogP contribution in [0, 0.1) is 13.8 Å².